The molecule has 0 spiro atoms. The second-order valence-electron chi connectivity index (χ2n) is 7.60. The van der Waals surface area contributed by atoms with Crippen LogP contribution in [0.5, 0.6) is 0 Å². The highest BCUT2D eigenvalue weighted by Gasteiger charge is 2.29. The lowest BCUT2D eigenvalue weighted by Crippen LogP contribution is -2.42. The summed E-state index contributed by atoms with van der Waals surface area (Å²) in [6.07, 6.45) is 8.37. The van der Waals surface area contributed by atoms with Crippen LogP contribution in [0.25, 0.3) is 0 Å². The predicted octanol–water partition coefficient (Wildman–Crippen LogP) is 3.26. The van der Waals surface area contributed by atoms with Crippen molar-refractivity contribution in [3.8, 4) is 0 Å². The molecule has 1 saturated carbocycles. The molecular weight excluding hydrogens is 220 g/mol. The molecule has 1 saturated heterocycles. The SMILES string of the molecule is CC(N)C1CCN(CC2CCC(C)(C)CC2)CC1. The third-order valence-electron chi connectivity index (χ3n) is 5.35. The highest BCUT2D eigenvalue weighted by molar-refractivity contribution is 4.83. The fourth-order valence-corrected chi connectivity index (χ4v) is 3.67. The fourth-order valence-electron chi connectivity index (χ4n) is 3.67. The van der Waals surface area contributed by atoms with Crippen molar-refractivity contribution in [3.63, 3.8) is 0 Å². The Balaban J connectivity index is 1.69. The lowest BCUT2D eigenvalue weighted by molar-refractivity contribution is 0.113. The third kappa shape index (κ3) is 3.96. The number of nitrogens with zero attached hydrogens (tertiary/aromatic N) is 1. The van der Waals surface area contributed by atoms with E-state index in [0.717, 1.165) is 11.8 Å². The number of piperidine rings is 1. The minimum absolute atomic E-state index is 0.391. The van der Waals surface area contributed by atoms with Crippen molar-refractivity contribution in [3.05, 3.63) is 0 Å². The van der Waals surface area contributed by atoms with Gasteiger partial charge in [0, 0.05) is 12.6 Å². The average Bonchev–Trinajstić information content (AvgIpc) is 2.33. The Morgan fingerprint density at radius 3 is 2.17 bits per heavy atom. The fraction of sp³-hybridized carbons (Fsp3) is 1.00. The van der Waals surface area contributed by atoms with Gasteiger partial charge in [-0.1, -0.05) is 13.8 Å². The molecule has 106 valence electrons. The van der Waals surface area contributed by atoms with Crippen LogP contribution in [0.1, 0.15) is 59.3 Å². The van der Waals surface area contributed by atoms with Crippen LogP contribution in [0.4, 0.5) is 0 Å². The summed E-state index contributed by atoms with van der Waals surface area (Å²) in [6, 6.07) is 0.391. The molecule has 1 unspecified atom stereocenters. The predicted molar refractivity (Wildman–Crippen MR) is 78.6 cm³/mol. The lowest BCUT2D eigenvalue weighted by Gasteiger charge is -2.39. The van der Waals surface area contributed by atoms with E-state index < -0.39 is 0 Å². The molecule has 0 amide bonds. The normalized spacial score (nSPS) is 29.3. The number of hydrogen-bond acceptors (Lipinski definition) is 2. The molecule has 1 heterocycles. The Bertz CT molecular complexity index is 242. The standard InChI is InChI=1S/C16H32N2/c1-13(17)15-6-10-18(11-7-15)12-14-4-8-16(2,3)9-5-14/h13-15H,4-12,17H2,1-3H3. The zero-order valence-electron chi connectivity index (χ0n) is 12.6. The van der Waals surface area contributed by atoms with E-state index in [2.05, 4.69) is 25.7 Å². The summed E-state index contributed by atoms with van der Waals surface area (Å²) >= 11 is 0. The van der Waals surface area contributed by atoms with Crippen molar-refractivity contribution >= 4 is 0 Å². The molecule has 0 bridgehead atoms. The summed E-state index contributed by atoms with van der Waals surface area (Å²) in [5, 5.41) is 0. The molecule has 1 atom stereocenters. The van der Waals surface area contributed by atoms with Crippen LogP contribution in [-0.2, 0) is 0 Å². The second kappa shape index (κ2) is 5.92. The summed E-state index contributed by atoms with van der Waals surface area (Å²) in [4.78, 5) is 2.70. The van der Waals surface area contributed by atoms with Gasteiger partial charge >= 0.3 is 0 Å². The van der Waals surface area contributed by atoms with Crippen LogP contribution in [0.2, 0.25) is 0 Å². The molecule has 2 nitrogen and oxygen atoms in total. The highest BCUT2D eigenvalue weighted by Crippen LogP contribution is 2.38. The molecule has 2 heteroatoms. The minimum Gasteiger partial charge on any atom is -0.328 e. The maximum Gasteiger partial charge on any atom is 0.00397 e. The van der Waals surface area contributed by atoms with Gasteiger partial charge < -0.3 is 10.6 Å². The molecule has 2 rings (SSSR count). The molecular formula is C16H32N2. The van der Waals surface area contributed by atoms with E-state index in [1.165, 1.54) is 58.2 Å². The van der Waals surface area contributed by atoms with Gasteiger partial charge in [0.05, 0.1) is 0 Å². The Labute approximate surface area is 113 Å². The van der Waals surface area contributed by atoms with Crippen LogP contribution in [0.3, 0.4) is 0 Å². The zero-order chi connectivity index (χ0) is 13.2. The summed E-state index contributed by atoms with van der Waals surface area (Å²) in [5.41, 5.74) is 6.62. The van der Waals surface area contributed by atoms with Crippen LogP contribution in [-0.4, -0.2) is 30.6 Å². The maximum absolute atomic E-state index is 6.01. The van der Waals surface area contributed by atoms with E-state index >= 15 is 0 Å². The third-order valence-corrected chi connectivity index (χ3v) is 5.35. The van der Waals surface area contributed by atoms with Crippen molar-refractivity contribution in [1.29, 1.82) is 0 Å². The molecule has 0 aromatic heterocycles. The molecule has 2 aliphatic rings. The number of rotatable bonds is 3. The summed E-state index contributed by atoms with van der Waals surface area (Å²) in [5.74, 6) is 1.73. The van der Waals surface area contributed by atoms with Crippen molar-refractivity contribution in [2.75, 3.05) is 19.6 Å². The quantitative estimate of drug-likeness (QED) is 0.835. The van der Waals surface area contributed by atoms with E-state index in [9.17, 15) is 0 Å². The molecule has 0 aromatic carbocycles. The van der Waals surface area contributed by atoms with E-state index in [4.69, 9.17) is 5.73 Å². The summed E-state index contributed by atoms with van der Waals surface area (Å²) in [6.45, 7) is 10.9. The van der Waals surface area contributed by atoms with Gasteiger partial charge in [0.2, 0.25) is 0 Å². The Hall–Kier alpha value is -0.0800. The first kappa shape index (κ1) is 14.3. The Kier molecular flexibility index (Phi) is 4.71. The van der Waals surface area contributed by atoms with Gasteiger partial charge in [-0.15, -0.1) is 0 Å². The number of nitrogens with two attached hydrogens (primary N) is 1. The topological polar surface area (TPSA) is 29.3 Å². The molecule has 0 aromatic rings. The van der Waals surface area contributed by atoms with Gasteiger partial charge in [-0.05, 0) is 75.8 Å². The second-order valence-corrected chi connectivity index (χ2v) is 7.60. The summed E-state index contributed by atoms with van der Waals surface area (Å²) < 4.78 is 0. The number of hydrogen-bond donors (Lipinski definition) is 1. The molecule has 0 radical (unpaired) electrons. The van der Waals surface area contributed by atoms with Gasteiger partial charge in [-0.25, -0.2) is 0 Å². The molecule has 1 aliphatic heterocycles. The van der Waals surface area contributed by atoms with Gasteiger partial charge in [0.25, 0.3) is 0 Å². The first-order valence-corrected chi connectivity index (χ1v) is 7.94. The monoisotopic (exact) mass is 252 g/mol. The van der Waals surface area contributed by atoms with Crippen LogP contribution >= 0.6 is 0 Å². The first-order valence-electron chi connectivity index (χ1n) is 7.94. The minimum atomic E-state index is 0.391. The largest absolute Gasteiger partial charge is 0.328 e. The van der Waals surface area contributed by atoms with E-state index in [-0.39, 0.29) is 0 Å². The Morgan fingerprint density at radius 2 is 1.67 bits per heavy atom. The van der Waals surface area contributed by atoms with Crippen molar-refractivity contribution in [2.45, 2.75) is 65.3 Å². The molecule has 18 heavy (non-hydrogen) atoms. The van der Waals surface area contributed by atoms with Crippen LogP contribution in [0, 0.1) is 17.3 Å². The molecule has 1 aliphatic carbocycles. The summed E-state index contributed by atoms with van der Waals surface area (Å²) in [7, 11) is 0. The van der Waals surface area contributed by atoms with Crippen molar-refractivity contribution < 1.29 is 0 Å². The van der Waals surface area contributed by atoms with E-state index in [0.29, 0.717) is 11.5 Å². The van der Waals surface area contributed by atoms with Gasteiger partial charge in [0.1, 0.15) is 0 Å². The van der Waals surface area contributed by atoms with Crippen molar-refractivity contribution in [1.82, 2.24) is 4.90 Å². The van der Waals surface area contributed by atoms with Crippen LogP contribution < -0.4 is 5.73 Å². The number of likely N-dealkylation sites (tertiary alicyclic amines) is 1. The zero-order valence-corrected chi connectivity index (χ0v) is 12.6. The maximum atomic E-state index is 6.01. The first-order chi connectivity index (χ1) is 8.46. The highest BCUT2D eigenvalue weighted by atomic mass is 15.1. The van der Waals surface area contributed by atoms with E-state index in [1.54, 1.807) is 0 Å². The smallest absolute Gasteiger partial charge is 0.00397 e. The molecule has 2 N–H and O–H groups in total. The molecule has 2 fully saturated rings. The van der Waals surface area contributed by atoms with Gasteiger partial charge in [-0.2, -0.15) is 0 Å². The van der Waals surface area contributed by atoms with Gasteiger partial charge in [0.15, 0.2) is 0 Å². The lowest BCUT2D eigenvalue weighted by atomic mass is 9.73. The average molecular weight is 252 g/mol. The van der Waals surface area contributed by atoms with E-state index in [1.807, 2.05) is 0 Å². The van der Waals surface area contributed by atoms with Crippen molar-refractivity contribution in [2.24, 2.45) is 23.0 Å². The van der Waals surface area contributed by atoms with Crippen LogP contribution in [0.15, 0.2) is 0 Å². The van der Waals surface area contributed by atoms with Gasteiger partial charge in [-0.3, -0.25) is 0 Å². The Morgan fingerprint density at radius 1 is 1.11 bits per heavy atom.